The number of hydrogen-bond acceptors (Lipinski definition) is 2. The Bertz CT molecular complexity index is 421. The fourth-order valence-corrected chi connectivity index (χ4v) is 4.27. The summed E-state index contributed by atoms with van der Waals surface area (Å²) in [5, 5.41) is 8.97. The summed E-state index contributed by atoms with van der Waals surface area (Å²) >= 11 is 0. The number of urea groups is 1. The average Bonchev–Trinajstić information content (AvgIpc) is 3.22. The Balaban J connectivity index is 1.64. The molecular formula is C16H26N2O3. The van der Waals surface area contributed by atoms with Crippen molar-refractivity contribution in [1.29, 1.82) is 0 Å². The molecule has 5 heteroatoms. The molecule has 2 amide bonds. The lowest BCUT2D eigenvalue weighted by Crippen LogP contribution is -2.53. The van der Waals surface area contributed by atoms with Crippen LogP contribution in [0.1, 0.15) is 51.9 Å². The standard InChI is InChI=1S/C16H26N2O3/c1-10(12-3-4-12)17(2)16(21)18-13-5-6-14(18)8-11(7-13)9-15(19)20/h10-14H,3-9H2,1-2H3,(H,19,20). The maximum absolute atomic E-state index is 12.8. The van der Waals surface area contributed by atoms with Gasteiger partial charge in [0.1, 0.15) is 0 Å². The van der Waals surface area contributed by atoms with E-state index in [0.29, 0.717) is 12.0 Å². The third-order valence-electron chi connectivity index (χ3n) is 5.73. The maximum atomic E-state index is 12.8. The molecule has 3 unspecified atom stereocenters. The van der Waals surface area contributed by atoms with E-state index in [0.717, 1.165) is 25.7 Å². The molecule has 1 aliphatic carbocycles. The Hall–Kier alpha value is -1.26. The van der Waals surface area contributed by atoms with Gasteiger partial charge in [0.25, 0.3) is 0 Å². The number of carbonyl (C=O) groups excluding carboxylic acids is 1. The van der Waals surface area contributed by atoms with E-state index >= 15 is 0 Å². The van der Waals surface area contributed by atoms with Crippen LogP contribution in [0.2, 0.25) is 0 Å². The summed E-state index contributed by atoms with van der Waals surface area (Å²) in [4.78, 5) is 27.7. The summed E-state index contributed by atoms with van der Waals surface area (Å²) in [6.07, 6.45) is 6.54. The van der Waals surface area contributed by atoms with Gasteiger partial charge in [-0.2, -0.15) is 0 Å². The number of carboxylic acids is 1. The molecule has 0 aromatic heterocycles. The molecule has 2 bridgehead atoms. The summed E-state index contributed by atoms with van der Waals surface area (Å²) in [5.74, 6) is 0.218. The van der Waals surface area contributed by atoms with Crippen LogP contribution in [-0.4, -0.2) is 52.1 Å². The second-order valence-corrected chi connectivity index (χ2v) is 7.20. The zero-order chi connectivity index (χ0) is 15.1. The van der Waals surface area contributed by atoms with Crippen LogP contribution < -0.4 is 0 Å². The molecule has 1 saturated carbocycles. The summed E-state index contributed by atoms with van der Waals surface area (Å²) in [5.41, 5.74) is 0. The Kier molecular flexibility index (Phi) is 3.84. The van der Waals surface area contributed by atoms with Gasteiger partial charge in [0.15, 0.2) is 0 Å². The van der Waals surface area contributed by atoms with E-state index in [9.17, 15) is 9.59 Å². The Morgan fingerprint density at radius 1 is 1.19 bits per heavy atom. The van der Waals surface area contributed by atoms with Crippen molar-refractivity contribution in [3.8, 4) is 0 Å². The van der Waals surface area contributed by atoms with Crippen molar-refractivity contribution >= 4 is 12.0 Å². The molecule has 3 rings (SSSR count). The number of aliphatic carboxylic acids is 1. The normalized spacial score (nSPS) is 32.9. The molecule has 118 valence electrons. The molecule has 0 radical (unpaired) electrons. The Labute approximate surface area is 126 Å². The number of carboxylic acid groups (broad SMARTS) is 1. The molecule has 3 atom stereocenters. The van der Waals surface area contributed by atoms with Crippen molar-refractivity contribution in [1.82, 2.24) is 9.80 Å². The quantitative estimate of drug-likeness (QED) is 0.867. The zero-order valence-corrected chi connectivity index (χ0v) is 13.0. The minimum atomic E-state index is -0.710. The second-order valence-electron chi connectivity index (χ2n) is 7.20. The lowest BCUT2D eigenvalue weighted by molar-refractivity contribution is -0.138. The van der Waals surface area contributed by atoms with Crippen LogP contribution in [0, 0.1) is 11.8 Å². The van der Waals surface area contributed by atoms with Gasteiger partial charge in [-0.1, -0.05) is 0 Å². The van der Waals surface area contributed by atoms with E-state index in [1.807, 2.05) is 11.9 Å². The van der Waals surface area contributed by atoms with Gasteiger partial charge < -0.3 is 14.9 Å². The van der Waals surface area contributed by atoms with Gasteiger partial charge in [-0.15, -0.1) is 0 Å². The first-order valence-electron chi connectivity index (χ1n) is 8.24. The van der Waals surface area contributed by atoms with Gasteiger partial charge in [0.05, 0.1) is 0 Å². The summed E-state index contributed by atoms with van der Waals surface area (Å²) < 4.78 is 0. The highest BCUT2D eigenvalue weighted by atomic mass is 16.4. The average molecular weight is 294 g/mol. The predicted octanol–water partition coefficient (Wildman–Crippen LogP) is 2.55. The van der Waals surface area contributed by atoms with Crippen LogP contribution in [0.15, 0.2) is 0 Å². The third-order valence-corrected chi connectivity index (χ3v) is 5.73. The number of nitrogens with zero attached hydrogens (tertiary/aromatic N) is 2. The van der Waals surface area contributed by atoms with Crippen molar-refractivity contribution in [3.63, 3.8) is 0 Å². The molecule has 2 aliphatic heterocycles. The van der Waals surface area contributed by atoms with E-state index in [1.54, 1.807) is 0 Å². The van der Waals surface area contributed by atoms with Crippen LogP contribution in [-0.2, 0) is 4.79 Å². The summed E-state index contributed by atoms with van der Waals surface area (Å²) in [7, 11) is 1.92. The van der Waals surface area contributed by atoms with E-state index in [4.69, 9.17) is 5.11 Å². The van der Waals surface area contributed by atoms with Gasteiger partial charge >= 0.3 is 12.0 Å². The highest BCUT2D eigenvalue weighted by Crippen LogP contribution is 2.41. The van der Waals surface area contributed by atoms with Crippen LogP contribution in [0.3, 0.4) is 0 Å². The monoisotopic (exact) mass is 294 g/mol. The van der Waals surface area contributed by atoms with Gasteiger partial charge in [-0.25, -0.2) is 4.79 Å². The molecule has 2 heterocycles. The molecule has 3 fully saturated rings. The minimum absolute atomic E-state index is 0.163. The third kappa shape index (κ3) is 2.87. The lowest BCUT2D eigenvalue weighted by Gasteiger charge is -2.41. The molecule has 0 spiro atoms. The number of amides is 2. The Morgan fingerprint density at radius 3 is 2.24 bits per heavy atom. The predicted molar refractivity (Wildman–Crippen MR) is 79.0 cm³/mol. The second kappa shape index (κ2) is 5.50. The van der Waals surface area contributed by atoms with E-state index in [1.165, 1.54) is 12.8 Å². The highest BCUT2D eigenvalue weighted by molar-refractivity contribution is 5.76. The first kappa shape index (κ1) is 14.7. The Morgan fingerprint density at radius 2 is 1.76 bits per heavy atom. The van der Waals surface area contributed by atoms with Crippen LogP contribution >= 0.6 is 0 Å². The SMILES string of the molecule is CC(C1CC1)N(C)C(=O)N1C2CCC1CC(CC(=O)O)C2. The van der Waals surface area contributed by atoms with Gasteiger partial charge in [-0.3, -0.25) is 4.79 Å². The fourth-order valence-electron chi connectivity index (χ4n) is 4.27. The van der Waals surface area contributed by atoms with E-state index in [2.05, 4.69) is 11.8 Å². The molecule has 1 N–H and O–H groups in total. The van der Waals surface area contributed by atoms with Crippen LogP contribution in [0.5, 0.6) is 0 Å². The summed E-state index contributed by atoms with van der Waals surface area (Å²) in [6, 6.07) is 1.01. The van der Waals surface area contributed by atoms with Crippen molar-refractivity contribution in [2.24, 2.45) is 11.8 Å². The zero-order valence-electron chi connectivity index (χ0n) is 13.0. The van der Waals surface area contributed by atoms with E-state index < -0.39 is 5.97 Å². The van der Waals surface area contributed by atoms with Crippen LogP contribution in [0.25, 0.3) is 0 Å². The molecule has 0 aromatic carbocycles. The smallest absolute Gasteiger partial charge is 0.320 e. The van der Waals surface area contributed by atoms with Gasteiger partial charge in [0.2, 0.25) is 0 Å². The molecule has 21 heavy (non-hydrogen) atoms. The molecular weight excluding hydrogens is 268 g/mol. The summed E-state index contributed by atoms with van der Waals surface area (Å²) in [6.45, 7) is 2.15. The van der Waals surface area contributed by atoms with Crippen molar-refractivity contribution < 1.29 is 14.7 Å². The lowest BCUT2D eigenvalue weighted by atomic mass is 9.88. The van der Waals surface area contributed by atoms with Gasteiger partial charge in [0, 0.05) is 31.6 Å². The maximum Gasteiger partial charge on any atom is 0.320 e. The van der Waals surface area contributed by atoms with E-state index in [-0.39, 0.29) is 30.5 Å². The largest absolute Gasteiger partial charge is 0.481 e. The molecule has 3 aliphatic rings. The van der Waals surface area contributed by atoms with Crippen molar-refractivity contribution in [2.45, 2.75) is 70.0 Å². The molecule has 5 nitrogen and oxygen atoms in total. The minimum Gasteiger partial charge on any atom is -0.481 e. The molecule has 2 saturated heterocycles. The fraction of sp³-hybridized carbons (Fsp3) is 0.875. The highest BCUT2D eigenvalue weighted by Gasteiger charge is 2.45. The number of piperidine rings is 1. The molecule has 0 aromatic rings. The number of hydrogen-bond donors (Lipinski definition) is 1. The van der Waals surface area contributed by atoms with Crippen molar-refractivity contribution in [3.05, 3.63) is 0 Å². The number of fused-ring (bicyclic) bond motifs is 2. The number of rotatable bonds is 4. The first-order valence-corrected chi connectivity index (χ1v) is 8.24. The van der Waals surface area contributed by atoms with Crippen LogP contribution in [0.4, 0.5) is 4.79 Å². The number of carbonyl (C=O) groups is 2. The van der Waals surface area contributed by atoms with Crippen molar-refractivity contribution in [2.75, 3.05) is 7.05 Å². The van der Waals surface area contributed by atoms with Gasteiger partial charge in [-0.05, 0) is 57.3 Å². The first-order chi connectivity index (χ1) is 9.97. The topological polar surface area (TPSA) is 60.9 Å².